The first kappa shape index (κ1) is 24.9. The smallest absolute Gasteiger partial charge is 0.173 e. The highest BCUT2D eigenvalue weighted by Crippen LogP contribution is 2.25. The molecule has 0 saturated carbocycles. The predicted octanol–water partition coefficient (Wildman–Crippen LogP) is 5.65. The van der Waals surface area contributed by atoms with Gasteiger partial charge >= 0.3 is 0 Å². The van der Waals surface area contributed by atoms with E-state index in [0.29, 0.717) is 60.0 Å². The van der Waals surface area contributed by atoms with E-state index in [4.69, 9.17) is 35.4 Å². The molecule has 1 aliphatic heterocycles. The number of hydrogen-bond acceptors (Lipinski definition) is 3. The second kappa shape index (κ2) is 10.6. The van der Waals surface area contributed by atoms with Crippen LogP contribution >= 0.6 is 35.4 Å². The van der Waals surface area contributed by atoms with E-state index in [1.54, 1.807) is 12.1 Å². The van der Waals surface area contributed by atoms with E-state index in [2.05, 4.69) is 20.2 Å². The second-order valence-electron chi connectivity index (χ2n) is 8.36. The minimum atomic E-state index is -0.813. The summed E-state index contributed by atoms with van der Waals surface area (Å²) in [6.07, 6.45) is 0. The van der Waals surface area contributed by atoms with Gasteiger partial charge in [0.15, 0.2) is 16.7 Å². The summed E-state index contributed by atoms with van der Waals surface area (Å²) in [6, 6.07) is 9.84. The highest BCUT2D eigenvalue weighted by Gasteiger charge is 2.22. The van der Waals surface area contributed by atoms with Gasteiger partial charge in [-0.1, -0.05) is 41.4 Å². The van der Waals surface area contributed by atoms with E-state index in [9.17, 15) is 8.78 Å². The van der Waals surface area contributed by atoms with Crippen molar-refractivity contribution in [1.29, 1.82) is 0 Å². The molecule has 5 nitrogen and oxygen atoms in total. The molecule has 2 heterocycles. The zero-order valence-electron chi connectivity index (χ0n) is 18.9. The average Bonchev–Trinajstić information content (AvgIpc) is 3.07. The van der Waals surface area contributed by atoms with Crippen molar-refractivity contribution in [3.05, 3.63) is 80.6 Å². The van der Waals surface area contributed by atoms with Gasteiger partial charge in [-0.05, 0) is 49.8 Å². The zero-order chi connectivity index (χ0) is 24.4. The van der Waals surface area contributed by atoms with Crippen molar-refractivity contribution in [3.8, 4) is 0 Å². The number of rotatable bonds is 5. The fourth-order valence-electron chi connectivity index (χ4n) is 4.05. The number of nitrogens with one attached hydrogen (secondary N) is 1. The molecular weight excluding hydrogens is 499 g/mol. The van der Waals surface area contributed by atoms with E-state index in [1.165, 1.54) is 6.07 Å². The van der Waals surface area contributed by atoms with Gasteiger partial charge in [0.05, 0.1) is 33.7 Å². The molecule has 3 aromatic rings. The summed E-state index contributed by atoms with van der Waals surface area (Å²) < 4.78 is 29.4. The number of benzene rings is 2. The van der Waals surface area contributed by atoms with Gasteiger partial charge < -0.3 is 10.2 Å². The number of aryl methyl sites for hydroxylation is 1. The van der Waals surface area contributed by atoms with Crippen LogP contribution in [-0.2, 0) is 13.1 Å². The van der Waals surface area contributed by atoms with E-state index < -0.39 is 11.6 Å². The quantitative estimate of drug-likeness (QED) is 0.437. The Balaban J connectivity index is 1.36. The maximum atomic E-state index is 14.0. The van der Waals surface area contributed by atoms with E-state index in [0.717, 1.165) is 28.7 Å². The van der Waals surface area contributed by atoms with Gasteiger partial charge in [0.25, 0.3) is 0 Å². The monoisotopic (exact) mass is 523 g/mol. The SMILES string of the molecule is Cc1nn(Cc2ccc(Cl)c(Cl)c2)c(C)c1NC(=S)N1CCN(Cc2cccc(F)c2F)CC1. The molecule has 0 unspecified atom stereocenters. The molecule has 0 atom stereocenters. The van der Waals surface area contributed by atoms with Gasteiger partial charge in [-0.15, -0.1) is 0 Å². The summed E-state index contributed by atoms with van der Waals surface area (Å²) in [6.45, 7) is 7.66. The summed E-state index contributed by atoms with van der Waals surface area (Å²) in [5.41, 5.74) is 4.07. The second-order valence-corrected chi connectivity index (χ2v) is 9.56. The Labute approximate surface area is 213 Å². The molecule has 2 aromatic carbocycles. The van der Waals surface area contributed by atoms with Gasteiger partial charge in [-0.2, -0.15) is 5.10 Å². The minimum Gasteiger partial charge on any atom is -0.346 e. The molecule has 0 radical (unpaired) electrons. The third-order valence-corrected chi connectivity index (χ3v) is 7.11. The van der Waals surface area contributed by atoms with Crippen LogP contribution in [0.3, 0.4) is 0 Å². The Morgan fingerprint density at radius 2 is 1.76 bits per heavy atom. The number of nitrogens with zero attached hydrogens (tertiary/aromatic N) is 4. The summed E-state index contributed by atoms with van der Waals surface area (Å²) in [5, 5.41) is 9.67. The molecule has 180 valence electrons. The third kappa shape index (κ3) is 5.51. The van der Waals surface area contributed by atoms with Crippen LogP contribution in [0, 0.1) is 25.5 Å². The molecule has 1 aliphatic rings. The Hall–Kier alpha value is -2.26. The number of hydrogen-bond donors (Lipinski definition) is 1. The van der Waals surface area contributed by atoms with Crippen LogP contribution in [0.4, 0.5) is 14.5 Å². The maximum absolute atomic E-state index is 14.0. The van der Waals surface area contributed by atoms with Gasteiger partial charge in [0, 0.05) is 38.3 Å². The number of anilines is 1. The number of aromatic nitrogens is 2. The van der Waals surface area contributed by atoms with Gasteiger partial charge in [-0.25, -0.2) is 8.78 Å². The van der Waals surface area contributed by atoms with E-state index >= 15 is 0 Å². The Kier molecular flexibility index (Phi) is 7.72. The van der Waals surface area contributed by atoms with Crippen LogP contribution < -0.4 is 5.32 Å². The number of thiocarbonyl (C=S) groups is 1. The Morgan fingerprint density at radius 3 is 2.47 bits per heavy atom. The summed E-state index contributed by atoms with van der Waals surface area (Å²) in [7, 11) is 0. The van der Waals surface area contributed by atoms with Crippen LogP contribution in [0.15, 0.2) is 36.4 Å². The summed E-state index contributed by atoms with van der Waals surface area (Å²) in [5.74, 6) is -1.59. The van der Waals surface area contributed by atoms with Crippen molar-refractivity contribution < 1.29 is 8.78 Å². The molecule has 0 amide bonds. The van der Waals surface area contributed by atoms with Crippen molar-refractivity contribution in [2.45, 2.75) is 26.9 Å². The average molecular weight is 524 g/mol. The number of halogens is 4. The van der Waals surface area contributed by atoms with Crippen LogP contribution in [0.25, 0.3) is 0 Å². The maximum Gasteiger partial charge on any atom is 0.173 e. The lowest BCUT2D eigenvalue weighted by atomic mass is 10.1. The summed E-state index contributed by atoms with van der Waals surface area (Å²) in [4.78, 5) is 4.19. The van der Waals surface area contributed by atoms with Crippen molar-refractivity contribution in [1.82, 2.24) is 19.6 Å². The molecule has 1 saturated heterocycles. The largest absolute Gasteiger partial charge is 0.346 e. The Morgan fingerprint density at radius 1 is 1.03 bits per heavy atom. The van der Waals surface area contributed by atoms with E-state index in [1.807, 2.05) is 30.7 Å². The van der Waals surface area contributed by atoms with Crippen LogP contribution in [-0.4, -0.2) is 50.9 Å². The van der Waals surface area contributed by atoms with Crippen molar-refractivity contribution >= 4 is 46.2 Å². The van der Waals surface area contributed by atoms with Crippen LogP contribution in [0.2, 0.25) is 10.0 Å². The fraction of sp³-hybridized carbons (Fsp3) is 0.333. The van der Waals surface area contributed by atoms with Crippen molar-refractivity contribution in [2.75, 3.05) is 31.5 Å². The van der Waals surface area contributed by atoms with Crippen LogP contribution in [0.5, 0.6) is 0 Å². The molecule has 34 heavy (non-hydrogen) atoms. The zero-order valence-corrected chi connectivity index (χ0v) is 21.2. The molecule has 0 bridgehead atoms. The molecule has 10 heteroatoms. The topological polar surface area (TPSA) is 36.3 Å². The molecule has 0 aliphatic carbocycles. The predicted molar refractivity (Wildman–Crippen MR) is 137 cm³/mol. The van der Waals surface area contributed by atoms with Gasteiger partial charge in [0.1, 0.15) is 0 Å². The standard InChI is InChI=1S/C24H25Cl2F2N5S/c1-15-23(16(2)33(30-15)13-17-6-7-19(25)20(26)12-17)29-24(34)32-10-8-31(9-11-32)14-18-4-3-5-21(27)22(18)28/h3-7,12H,8-11,13-14H2,1-2H3,(H,29,34). The first-order valence-electron chi connectivity index (χ1n) is 10.9. The lowest BCUT2D eigenvalue weighted by Gasteiger charge is -2.36. The normalized spacial score (nSPS) is 14.5. The van der Waals surface area contributed by atoms with Crippen LogP contribution in [0.1, 0.15) is 22.5 Å². The first-order valence-corrected chi connectivity index (χ1v) is 12.1. The van der Waals surface area contributed by atoms with E-state index in [-0.39, 0.29) is 0 Å². The van der Waals surface area contributed by atoms with Gasteiger partial charge in [-0.3, -0.25) is 9.58 Å². The lowest BCUT2D eigenvalue weighted by molar-refractivity contribution is 0.175. The third-order valence-electron chi connectivity index (χ3n) is 6.01. The number of piperazine rings is 1. The minimum absolute atomic E-state index is 0.370. The highest BCUT2D eigenvalue weighted by atomic mass is 35.5. The molecule has 0 spiro atoms. The van der Waals surface area contributed by atoms with Crippen molar-refractivity contribution in [3.63, 3.8) is 0 Å². The highest BCUT2D eigenvalue weighted by molar-refractivity contribution is 7.80. The first-order chi connectivity index (χ1) is 16.2. The molecule has 4 rings (SSSR count). The fourth-order valence-corrected chi connectivity index (χ4v) is 4.65. The lowest BCUT2D eigenvalue weighted by Crippen LogP contribution is -2.49. The molecule has 1 N–H and O–H groups in total. The summed E-state index contributed by atoms with van der Waals surface area (Å²) >= 11 is 17.8. The molecular formula is C24H25Cl2F2N5S. The van der Waals surface area contributed by atoms with Crippen molar-refractivity contribution in [2.24, 2.45) is 0 Å². The Bertz CT molecular complexity index is 1210. The van der Waals surface area contributed by atoms with Gasteiger partial charge in [0.2, 0.25) is 0 Å². The molecule has 1 aromatic heterocycles. The molecule has 1 fully saturated rings.